The molecule has 0 amide bonds. The molecule has 0 aromatic heterocycles. The van der Waals surface area contributed by atoms with E-state index >= 15 is 0 Å². The Labute approximate surface area is 110 Å². The summed E-state index contributed by atoms with van der Waals surface area (Å²) in [6.07, 6.45) is 0. The first kappa shape index (κ1) is 13.0. The third-order valence-corrected chi connectivity index (χ3v) is 2.81. The van der Waals surface area contributed by atoms with Gasteiger partial charge in [-0.1, -0.05) is 24.3 Å². The van der Waals surface area contributed by atoms with Gasteiger partial charge in [0.25, 0.3) is 0 Å². The van der Waals surface area contributed by atoms with Crippen LogP contribution in [0, 0.1) is 6.92 Å². The Bertz CT molecular complexity index is 605. The molecule has 0 spiro atoms. The van der Waals surface area contributed by atoms with Crippen LogP contribution in [0.4, 0.5) is 0 Å². The highest BCUT2D eigenvalue weighted by Gasteiger charge is 2.08. The van der Waals surface area contributed by atoms with E-state index in [9.17, 15) is 9.90 Å². The molecule has 2 N–H and O–H groups in total. The Morgan fingerprint density at radius 3 is 2.58 bits per heavy atom. The summed E-state index contributed by atoms with van der Waals surface area (Å²) in [6, 6.07) is 11.8. The second kappa shape index (κ2) is 5.44. The van der Waals surface area contributed by atoms with Crippen molar-refractivity contribution in [2.75, 3.05) is 0 Å². The second-order valence-corrected chi connectivity index (χ2v) is 4.20. The van der Waals surface area contributed by atoms with Crippen LogP contribution < -0.4 is 4.74 Å². The number of hydrogen-bond donors (Lipinski definition) is 2. The highest BCUT2D eigenvalue weighted by Crippen LogP contribution is 2.23. The first-order chi connectivity index (χ1) is 9.08. The number of hydrogen-bond acceptors (Lipinski definition) is 3. The summed E-state index contributed by atoms with van der Waals surface area (Å²) in [4.78, 5) is 10.7. The molecular weight excluding hydrogens is 244 g/mol. The van der Waals surface area contributed by atoms with Crippen molar-refractivity contribution in [3.8, 4) is 11.5 Å². The zero-order valence-electron chi connectivity index (χ0n) is 10.5. The summed E-state index contributed by atoms with van der Waals surface area (Å²) in [5, 5.41) is 18.5. The number of carboxylic acid groups (broad SMARTS) is 1. The topological polar surface area (TPSA) is 66.8 Å². The van der Waals surface area contributed by atoms with Gasteiger partial charge in [0.05, 0.1) is 5.56 Å². The molecule has 19 heavy (non-hydrogen) atoms. The van der Waals surface area contributed by atoms with Crippen molar-refractivity contribution < 1.29 is 19.7 Å². The summed E-state index contributed by atoms with van der Waals surface area (Å²) in [5.41, 5.74) is 1.61. The monoisotopic (exact) mass is 258 g/mol. The predicted octanol–water partition coefficient (Wildman–Crippen LogP) is 2.98. The number of aromatic carboxylic acids is 1. The number of para-hydroxylation sites is 1. The fraction of sp³-hybridized carbons (Fsp3) is 0.133. The first-order valence-corrected chi connectivity index (χ1v) is 5.81. The number of carboxylic acids is 1. The van der Waals surface area contributed by atoms with E-state index in [1.165, 1.54) is 12.1 Å². The maximum atomic E-state index is 10.7. The number of aryl methyl sites for hydroxylation is 1. The fourth-order valence-corrected chi connectivity index (χ4v) is 1.69. The second-order valence-electron chi connectivity index (χ2n) is 4.20. The van der Waals surface area contributed by atoms with Gasteiger partial charge in [-0.15, -0.1) is 0 Å². The average Bonchev–Trinajstić information content (AvgIpc) is 2.39. The van der Waals surface area contributed by atoms with Gasteiger partial charge >= 0.3 is 5.97 Å². The van der Waals surface area contributed by atoms with Crippen molar-refractivity contribution in [1.82, 2.24) is 0 Å². The minimum atomic E-state index is -1.07. The molecule has 0 bridgehead atoms. The van der Waals surface area contributed by atoms with Crippen LogP contribution in [0.1, 0.15) is 21.5 Å². The lowest BCUT2D eigenvalue weighted by molar-refractivity contribution is 0.0696. The number of ether oxygens (including phenoxy) is 1. The fourth-order valence-electron chi connectivity index (χ4n) is 1.69. The Balaban J connectivity index is 2.12. The molecule has 0 aliphatic heterocycles. The first-order valence-electron chi connectivity index (χ1n) is 5.81. The smallest absolute Gasteiger partial charge is 0.335 e. The van der Waals surface area contributed by atoms with Crippen molar-refractivity contribution in [2.45, 2.75) is 13.5 Å². The third-order valence-electron chi connectivity index (χ3n) is 2.81. The van der Waals surface area contributed by atoms with Gasteiger partial charge in [0.1, 0.15) is 18.1 Å². The van der Waals surface area contributed by atoms with Crippen LogP contribution in [0.2, 0.25) is 0 Å². The standard InChI is InChI=1S/C15H14O4/c1-10-4-2-3-5-14(10)19-9-12-7-6-11(15(17)18)8-13(12)16/h2-8,16H,9H2,1H3,(H,17,18). The Hall–Kier alpha value is -2.49. The van der Waals surface area contributed by atoms with Crippen LogP contribution >= 0.6 is 0 Å². The highest BCUT2D eigenvalue weighted by atomic mass is 16.5. The molecule has 0 unspecified atom stereocenters. The number of phenolic OH excluding ortho intramolecular Hbond substituents is 1. The number of rotatable bonds is 4. The minimum Gasteiger partial charge on any atom is -0.508 e. The lowest BCUT2D eigenvalue weighted by Gasteiger charge is -2.10. The minimum absolute atomic E-state index is 0.0529. The third kappa shape index (κ3) is 3.04. The maximum absolute atomic E-state index is 10.7. The molecule has 2 aromatic rings. The SMILES string of the molecule is Cc1ccccc1OCc1ccc(C(=O)O)cc1O. The number of carbonyl (C=O) groups is 1. The van der Waals surface area contributed by atoms with Crippen LogP contribution in [-0.4, -0.2) is 16.2 Å². The van der Waals surface area contributed by atoms with Crippen LogP contribution in [0.5, 0.6) is 11.5 Å². The quantitative estimate of drug-likeness (QED) is 0.884. The van der Waals surface area contributed by atoms with Crippen LogP contribution in [0.25, 0.3) is 0 Å². The molecule has 4 nitrogen and oxygen atoms in total. The van der Waals surface area contributed by atoms with E-state index in [0.29, 0.717) is 5.56 Å². The summed E-state index contributed by atoms with van der Waals surface area (Å²) < 4.78 is 5.60. The van der Waals surface area contributed by atoms with Crippen LogP contribution in [-0.2, 0) is 6.61 Å². The average molecular weight is 258 g/mol. The summed E-state index contributed by atoms with van der Waals surface area (Å²) in [5.74, 6) is -0.403. The van der Waals surface area contributed by atoms with Crippen molar-refractivity contribution in [1.29, 1.82) is 0 Å². The van der Waals surface area contributed by atoms with Gasteiger partial charge in [-0.2, -0.15) is 0 Å². The molecular formula is C15H14O4. The number of aromatic hydroxyl groups is 1. The normalized spacial score (nSPS) is 10.2. The molecule has 0 aliphatic carbocycles. The van der Waals surface area contributed by atoms with Gasteiger partial charge < -0.3 is 14.9 Å². The predicted molar refractivity (Wildman–Crippen MR) is 70.6 cm³/mol. The van der Waals surface area contributed by atoms with E-state index in [0.717, 1.165) is 11.3 Å². The number of benzene rings is 2. The molecule has 0 heterocycles. The Morgan fingerprint density at radius 2 is 1.95 bits per heavy atom. The van der Waals surface area contributed by atoms with Crippen LogP contribution in [0.3, 0.4) is 0 Å². The van der Waals surface area contributed by atoms with E-state index in [-0.39, 0.29) is 17.9 Å². The van der Waals surface area contributed by atoms with E-state index < -0.39 is 5.97 Å². The Kier molecular flexibility index (Phi) is 3.71. The molecule has 2 aromatic carbocycles. The lowest BCUT2D eigenvalue weighted by Crippen LogP contribution is -2.00. The van der Waals surface area contributed by atoms with Crippen LogP contribution in [0.15, 0.2) is 42.5 Å². The summed E-state index contributed by atoms with van der Waals surface area (Å²) >= 11 is 0. The van der Waals surface area contributed by atoms with E-state index in [1.54, 1.807) is 6.07 Å². The zero-order valence-corrected chi connectivity index (χ0v) is 10.5. The summed E-state index contributed by atoms with van der Waals surface area (Å²) in [6.45, 7) is 2.12. The summed E-state index contributed by atoms with van der Waals surface area (Å²) in [7, 11) is 0. The van der Waals surface area contributed by atoms with E-state index in [4.69, 9.17) is 9.84 Å². The van der Waals surface area contributed by atoms with Gasteiger partial charge in [-0.05, 0) is 30.7 Å². The zero-order chi connectivity index (χ0) is 13.8. The maximum Gasteiger partial charge on any atom is 0.335 e. The highest BCUT2D eigenvalue weighted by molar-refractivity contribution is 5.88. The molecule has 4 heteroatoms. The van der Waals surface area contributed by atoms with Crippen molar-refractivity contribution in [3.63, 3.8) is 0 Å². The Morgan fingerprint density at radius 1 is 1.21 bits per heavy atom. The molecule has 98 valence electrons. The van der Waals surface area contributed by atoms with Crippen molar-refractivity contribution >= 4 is 5.97 Å². The molecule has 0 radical (unpaired) electrons. The molecule has 0 saturated heterocycles. The van der Waals surface area contributed by atoms with Gasteiger partial charge in [0.15, 0.2) is 0 Å². The molecule has 0 saturated carbocycles. The van der Waals surface area contributed by atoms with Gasteiger partial charge in [-0.3, -0.25) is 0 Å². The van der Waals surface area contributed by atoms with Crippen molar-refractivity contribution in [2.24, 2.45) is 0 Å². The van der Waals surface area contributed by atoms with Gasteiger partial charge in [0.2, 0.25) is 0 Å². The van der Waals surface area contributed by atoms with E-state index in [2.05, 4.69) is 0 Å². The molecule has 2 rings (SSSR count). The lowest BCUT2D eigenvalue weighted by atomic mass is 10.1. The molecule has 0 aliphatic rings. The van der Waals surface area contributed by atoms with Crippen molar-refractivity contribution in [3.05, 3.63) is 59.2 Å². The van der Waals surface area contributed by atoms with Gasteiger partial charge in [0, 0.05) is 5.56 Å². The molecule has 0 fully saturated rings. The largest absolute Gasteiger partial charge is 0.508 e. The molecule has 0 atom stereocenters. The van der Waals surface area contributed by atoms with Gasteiger partial charge in [-0.25, -0.2) is 4.79 Å². The number of phenols is 1. The van der Waals surface area contributed by atoms with E-state index in [1.807, 2.05) is 31.2 Å².